The summed E-state index contributed by atoms with van der Waals surface area (Å²) in [6.45, 7) is 6.27. The topological polar surface area (TPSA) is 60.0 Å². The molecule has 0 unspecified atom stereocenters. The fourth-order valence-corrected chi connectivity index (χ4v) is 3.52. The molecular formula is C20H23N3OS. The van der Waals surface area contributed by atoms with Gasteiger partial charge in [-0.05, 0) is 55.2 Å². The lowest BCUT2D eigenvalue weighted by atomic mass is 9.99. The van der Waals surface area contributed by atoms with Crippen molar-refractivity contribution in [3.8, 4) is 5.75 Å². The molecule has 0 bridgehead atoms. The standard InChI is InChI=1S/C20H23N3OS/c1-14-9-16(10-17-11-20(2,3)24-18(14)17)12-22-23-19(21)25-13-15-7-5-4-6-8-15/h4-10,12H,11,13H2,1-3H3,(H2,21,23). The summed E-state index contributed by atoms with van der Waals surface area (Å²) in [6.07, 6.45) is 2.65. The minimum atomic E-state index is -0.139. The first-order valence-corrected chi connectivity index (χ1v) is 9.27. The Labute approximate surface area is 153 Å². The smallest absolute Gasteiger partial charge is 0.180 e. The first-order chi connectivity index (χ1) is 11.9. The Morgan fingerprint density at radius 1 is 1.28 bits per heavy atom. The van der Waals surface area contributed by atoms with Crippen LogP contribution < -0.4 is 10.5 Å². The second kappa shape index (κ2) is 7.31. The Morgan fingerprint density at radius 3 is 2.80 bits per heavy atom. The number of rotatable bonds is 4. The number of amidine groups is 1. The molecule has 0 aliphatic carbocycles. The molecule has 0 aromatic heterocycles. The average Bonchev–Trinajstić information content (AvgIpc) is 2.89. The van der Waals surface area contributed by atoms with Gasteiger partial charge in [-0.25, -0.2) is 0 Å². The molecule has 0 radical (unpaired) electrons. The van der Waals surface area contributed by atoms with E-state index in [1.807, 2.05) is 18.2 Å². The van der Waals surface area contributed by atoms with Crippen LogP contribution in [-0.2, 0) is 12.2 Å². The molecule has 0 fully saturated rings. The van der Waals surface area contributed by atoms with E-state index < -0.39 is 0 Å². The number of nitrogens with zero attached hydrogens (tertiary/aromatic N) is 2. The van der Waals surface area contributed by atoms with Crippen molar-refractivity contribution in [3.63, 3.8) is 0 Å². The number of thioether (sulfide) groups is 1. The van der Waals surface area contributed by atoms with Crippen LogP contribution in [0.3, 0.4) is 0 Å². The second-order valence-corrected chi connectivity index (χ2v) is 7.82. The molecule has 1 aliphatic rings. The highest BCUT2D eigenvalue weighted by atomic mass is 32.2. The van der Waals surface area contributed by atoms with Crippen LogP contribution in [0.25, 0.3) is 0 Å². The summed E-state index contributed by atoms with van der Waals surface area (Å²) in [5, 5.41) is 8.68. The van der Waals surface area contributed by atoms with E-state index in [4.69, 9.17) is 10.5 Å². The van der Waals surface area contributed by atoms with E-state index in [-0.39, 0.29) is 5.60 Å². The number of hydrogen-bond donors (Lipinski definition) is 1. The molecule has 2 aromatic rings. The zero-order valence-corrected chi connectivity index (χ0v) is 15.6. The largest absolute Gasteiger partial charge is 0.487 e. The van der Waals surface area contributed by atoms with Crippen LogP contribution >= 0.6 is 11.8 Å². The summed E-state index contributed by atoms with van der Waals surface area (Å²) < 4.78 is 6.00. The van der Waals surface area contributed by atoms with E-state index in [0.29, 0.717) is 5.17 Å². The maximum Gasteiger partial charge on any atom is 0.180 e. The first-order valence-electron chi connectivity index (χ1n) is 8.29. The van der Waals surface area contributed by atoms with E-state index in [1.54, 1.807) is 6.21 Å². The van der Waals surface area contributed by atoms with Gasteiger partial charge in [0.15, 0.2) is 5.17 Å². The lowest BCUT2D eigenvalue weighted by Crippen LogP contribution is -2.24. The molecule has 0 atom stereocenters. The quantitative estimate of drug-likeness (QED) is 0.507. The highest BCUT2D eigenvalue weighted by molar-refractivity contribution is 8.13. The number of ether oxygens (including phenoxy) is 1. The number of hydrogen-bond acceptors (Lipinski definition) is 4. The Balaban J connectivity index is 1.63. The summed E-state index contributed by atoms with van der Waals surface area (Å²) in [5.41, 5.74) is 10.4. The van der Waals surface area contributed by atoms with Crippen LogP contribution in [0.5, 0.6) is 5.75 Å². The molecule has 0 amide bonds. The highest BCUT2D eigenvalue weighted by Crippen LogP contribution is 2.37. The van der Waals surface area contributed by atoms with Crippen LogP contribution in [0, 0.1) is 6.92 Å². The fourth-order valence-electron chi connectivity index (χ4n) is 2.91. The molecule has 2 aromatic carbocycles. The van der Waals surface area contributed by atoms with Crippen LogP contribution in [-0.4, -0.2) is 17.0 Å². The van der Waals surface area contributed by atoms with Crippen molar-refractivity contribution in [1.82, 2.24) is 0 Å². The van der Waals surface area contributed by atoms with Crippen molar-refractivity contribution in [3.05, 3.63) is 64.7 Å². The normalized spacial score (nSPS) is 16.0. The van der Waals surface area contributed by atoms with E-state index in [2.05, 4.69) is 55.2 Å². The predicted molar refractivity (Wildman–Crippen MR) is 107 cm³/mol. The molecule has 1 aliphatic heterocycles. The fraction of sp³-hybridized carbons (Fsp3) is 0.300. The van der Waals surface area contributed by atoms with E-state index in [0.717, 1.165) is 29.1 Å². The molecule has 0 saturated carbocycles. The van der Waals surface area contributed by atoms with Gasteiger partial charge in [-0.3, -0.25) is 0 Å². The Hall–Kier alpha value is -2.27. The van der Waals surface area contributed by atoms with Crippen molar-refractivity contribution in [2.45, 2.75) is 38.5 Å². The van der Waals surface area contributed by atoms with Gasteiger partial charge in [0.1, 0.15) is 11.4 Å². The molecule has 5 heteroatoms. The van der Waals surface area contributed by atoms with E-state index in [9.17, 15) is 0 Å². The molecule has 0 spiro atoms. The van der Waals surface area contributed by atoms with Gasteiger partial charge in [-0.1, -0.05) is 42.1 Å². The zero-order chi connectivity index (χ0) is 17.9. The zero-order valence-electron chi connectivity index (χ0n) is 14.8. The molecule has 130 valence electrons. The van der Waals surface area contributed by atoms with E-state index in [1.165, 1.54) is 22.9 Å². The Kier molecular flexibility index (Phi) is 5.13. The van der Waals surface area contributed by atoms with Crippen molar-refractivity contribution < 1.29 is 4.74 Å². The van der Waals surface area contributed by atoms with Gasteiger partial charge >= 0.3 is 0 Å². The number of nitrogens with two attached hydrogens (primary N) is 1. The lowest BCUT2D eigenvalue weighted by molar-refractivity contribution is 0.137. The maximum atomic E-state index is 6.00. The first kappa shape index (κ1) is 17.5. The molecule has 25 heavy (non-hydrogen) atoms. The predicted octanol–water partition coefficient (Wildman–Crippen LogP) is 4.29. The van der Waals surface area contributed by atoms with Crippen molar-refractivity contribution >= 4 is 23.1 Å². The van der Waals surface area contributed by atoms with Crippen molar-refractivity contribution in [2.24, 2.45) is 15.9 Å². The third-order valence-corrected chi connectivity index (χ3v) is 4.82. The van der Waals surface area contributed by atoms with Gasteiger partial charge in [0.05, 0.1) is 6.21 Å². The van der Waals surface area contributed by atoms with E-state index >= 15 is 0 Å². The number of fused-ring (bicyclic) bond motifs is 1. The summed E-state index contributed by atoms with van der Waals surface area (Å²) in [5.74, 6) is 1.79. The second-order valence-electron chi connectivity index (χ2n) is 6.82. The average molecular weight is 353 g/mol. The minimum Gasteiger partial charge on any atom is -0.487 e. The van der Waals surface area contributed by atoms with Gasteiger partial charge in [-0.15, -0.1) is 5.10 Å². The number of aryl methyl sites for hydroxylation is 1. The maximum absolute atomic E-state index is 6.00. The van der Waals surface area contributed by atoms with Crippen LogP contribution in [0.1, 0.15) is 36.1 Å². The number of benzene rings is 2. The van der Waals surface area contributed by atoms with Crippen LogP contribution in [0.2, 0.25) is 0 Å². The summed E-state index contributed by atoms with van der Waals surface area (Å²) >= 11 is 1.48. The SMILES string of the molecule is Cc1cc(C=NN=C(N)SCc2ccccc2)cc2c1OC(C)(C)C2. The third kappa shape index (κ3) is 4.63. The van der Waals surface area contributed by atoms with Crippen LogP contribution in [0.15, 0.2) is 52.7 Å². The lowest BCUT2D eigenvalue weighted by Gasteiger charge is -2.17. The van der Waals surface area contributed by atoms with Gasteiger partial charge in [-0.2, -0.15) is 5.10 Å². The molecule has 2 N–H and O–H groups in total. The Bertz CT molecular complexity index is 813. The highest BCUT2D eigenvalue weighted by Gasteiger charge is 2.31. The van der Waals surface area contributed by atoms with Gasteiger partial charge < -0.3 is 10.5 Å². The molecule has 4 nitrogen and oxygen atoms in total. The Morgan fingerprint density at radius 2 is 2.04 bits per heavy atom. The summed E-state index contributed by atoms with van der Waals surface area (Å²) in [7, 11) is 0. The third-order valence-electron chi connectivity index (χ3n) is 3.96. The summed E-state index contributed by atoms with van der Waals surface area (Å²) in [4.78, 5) is 0. The molecule has 0 saturated heterocycles. The monoisotopic (exact) mass is 353 g/mol. The molecular weight excluding hydrogens is 330 g/mol. The molecule has 1 heterocycles. The van der Waals surface area contributed by atoms with Crippen molar-refractivity contribution in [2.75, 3.05) is 0 Å². The van der Waals surface area contributed by atoms with Gasteiger partial charge in [0.25, 0.3) is 0 Å². The van der Waals surface area contributed by atoms with Crippen molar-refractivity contribution in [1.29, 1.82) is 0 Å². The van der Waals surface area contributed by atoms with Gasteiger partial charge in [0.2, 0.25) is 0 Å². The van der Waals surface area contributed by atoms with Crippen LogP contribution in [0.4, 0.5) is 0 Å². The molecule has 3 rings (SSSR count). The minimum absolute atomic E-state index is 0.139. The summed E-state index contributed by atoms with van der Waals surface area (Å²) in [6, 6.07) is 14.3. The van der Waals surface area contributed by atoms with Gasteiger partial charge in [0, 0.05) is 12.2 Å².